The lowest BCUT2D eigenvalue weighted by atomic mass is 10.5. The van der Waals surface area contributed by atoms with Gasteiger partial charge in [-0.05, 0) is 20.0 Å². The quantitative estimate of drug-likeness (QED) is 0.557. The van der Waals surface area contributed by atoms with Crippen molar-refractivity contribution in [2.45, 2.75) is 13.8 Å². The molecule has 3 N–H and O–H groups in total. The van der Waals surface area contributed by atoms with E-state index in [0.29, 0.717) is 0 Å². The molecule has 0 radical (unpaired) electrons. The summed E-state index contributed by atoms with van der Waals surface area (Å²) >= 11 is 0. The molecule has 0 saturated heterocycles. The summed E-state index contributed by atoms with van der Waals surface area (Å²) in [7, 11) is 0. The Balaban J connectivity index is 3.40. The Morgan fingerprint density at radius 3 is 2.62 bits per heavy atom. The van der Waals surface area contributed by atoms with Gasteiger partial charge in [-0.1, -0.05) is 6.08 Å². The van der Waals surface area contributed by atoms with Gasteiger partial charge >= 0.3 is 0 Å². The second kappa shape index (κ2) is 4.24. The lowest BCUT2D eigenvalue weighted by molar-refractivity contribution is 1.04. The van der Waals surface area contributed by atoms with Gasteiger partial charge in [-0.15, -0.1) is 0 Å². The first kappa shape index (κ1) is 7.08. The lowest BCUT2D eigenvalue weighted by Gasteiger charge is -1.94. The van der Waals surface area contributed by atoms with Gasteiger partial charge < -0.3 is 11.1 Å². The molecule has 2 nitrogen and oxygen atoms in total. The summed E-state index contributed by atoms with van der Waals surface area (Å²) in [5.74, 6) is 0. The summed E-state index contributed by atoms with van der Waals surface area (Å²) in [6.07, 6.45) is 5.27. The average molecular weight is 112 g/mol. The number of nitrogens with one attached hydrogen (secondary N) is 1. The molecule has 0 aliphatic carbocycles. The fourth-order valence-electron chi connectivity index (χ4n) is 0.263. The first-order valence-electron chi connectivity index (χ1n) is 2.57. The van der Waals surface area contributed by atoms with Crippen LogP contribution in [-0.4, -0.2) is 0 Å². The lowest BCUT2D eigenvalue weighted by Crippen LogP contribution is -2.02. The molecule has 0 fully saturated rings. The zero-order valence-electron chi connectivity index (χ0n) is 5.31. The van der Waals surface area contributed by atoms with Crippen LogP contribution in [0.25, 0.3) is 0 Å². The highest BCUT2D eigenvalue weighted by molar-refractivity contribution is 4.96. The van der Waals surface area contributed by atoms with Crippen LogP contribution >= 0.6 is 0 Å². The molecule has 0 spiro atoms. The minimum Gasteiger partial charge on any atom is -0.403 e. The summed E-state index contributed by atoms with van der Waals surface area (Å²) < 4.78 is 0. The Morgan fingerprint density at radius 1 is 1.62 bits per heavy atom. The van der Waals surface area contributed by atoms with Gasteiger partial charge in [0.1, 0.15) is 0 Å². The second-order valence-corrected chi connectivity index (χ2v) is 1.49. The van der Waals surface area contributed by atoms with E-state index in [0.717, 1.165) is 5.70 Å². The molecule has 2 heteroatoms. The Hall–Kier alpha value is -0.920. The molecule has 0 atom stereocenters. The summed E-state index contributed by atoms with van der Waals surface area (Å²) in [5.41, 5.74) is 6.12. The molecular weight excluding hydrogens is 100 g/mol. The van der Waals surface area contributed by atoms with Crippen LogP contribution in [0, 0.1) is 0 Å². The van der Waals surface area contributed by atoms with E-state index in [2.05, 4.69) is 5.32 Å². The molecular formula is C6H12N2. The van der Waals surface area contributed by atoms with Gasteiger partial charge in [-0.2, -0.15) is 0 Å². The zero-order chi connectivity index (χ0) is 6.41. The van der Waals surface area contributed by atoms with Crippen LogP contribution in [0.3, 0.4) is 0 Å². The van der Waals surface area contributed by atoms with Crippen LogP contribution in [-0.2, 0) is 0 Å². The van der Waals surface area contributed by atoms with Gasteiger partial charge in [0, 0.05) is 11.9 Å². The van der Waals surface area contributed by atoms with Gasteiger partial charge in [-0.3, -0.25) is 0 Å². The van der Waals surface area contributed by atoms with Crippen LogP contribution in [0.1, 0.15) is 13.8 Å². The smallest absolute Gasteiger partial charge is 0.0272 e. The number of hydrogen-bond acceptors (Lipinski definition) is 2. The molecule has 0 unspecified atom stereocenters. The molecule has 0 aromatic rings. The standard InChI is InChI=1S/C6H12N2/c1-3-4-8-6(2)5-7/h3-5,8H,7H2,1-2H3/b4-3+,6-5-. The van der Waals surface area contributed by atoms with Crippen molar-refractivity contribution in [1.82, 2.24) is 5.32 Å². The summed E-state index contributed by atoms with van der Waals surface area (Å²) in [6, 6.07) is 0. The van der Waals surface area contributed by atoms with Gasteiger partial charge in [0.15, 0.2) is 0 Å². The van der Waals surface area contributed by atoms with Crippen molar-refractivity contribution in [3.8, 4) is 0 Å². The van der Waals surface area contributed by atoms with E-state index >= 15 is 0 Å². The predicted molar refractivity (Wildman–Crippen MR) is 35.9 cm³/mol. The van der Waals surface area contributed by atoms with Crippen LogP contribution in [0.4, 0.5) is 0 Å². The minimum atomic E-state index is 0.961. The maximum atomic E-state index is 5.15. The fourth-order valence-corrected chi connectivity index (χ4v) is 0.263. The maximum Gasteiger partial charge on any atom is 0.0272 e. The van der Waals surface area contributed by atoms with Crippen molar-refractivity contribution < 1.29 is 0 Å². The van der Waals surface area contributed by atoms with Crippen LogP contribution in [0.5, 0.6) is 0 Å². The summed E-state index contributed by atoms with van der Waals surface area (Å²) in [5, 5.41) is 2.94. The first-order chi connectivity index (χ1) is 3.81. The third kappa shape index (κ3) is 3.28. The van der Waals surface area contributed by atoms with E-state index in [1.165, 1.54) is 6.20 Å². The fraction of sp³-hybridized carbons (Fsp3) is 0.333. The molecule has 0 aliphatic heterocycles. The van der Waals surface area contributed by atoms with Gasteiger partial charge in [0.05, 0.1) is 0 Å². The van der Waals surface area contributed by atoms with Crippen molar-refractivity contribution in [3.05, 3.63) is 24.2 Å². The Labute approximate surface area is 50.1 Å². The van der Waals surface area contributed by atoms with Crippen molar-refractivity contribution >= 4 is 0 Å². The van der Waals surface area contributed by atoms with Crippen LogP contribution in [0.15, 0.2) is 24.2 Å². The van der Waals surface area contributed by atoms with Crippen molar-refractivity contribution in [2.24, 2.45) is 5.73 Å². The average Bonchev–Trinajstić information content (AvgIpc) is 1.83. The van der Waals surface area contributed by atoms with Crippen LogP contribution in [0.2, 0.25) is 0 Å². The monoisotopic (exact) mass is 112 g/mol. The SMILES string of the molecule is C/C=C/N/C(C)=C\N. The highest BCUT2D eigenvalue weighted by Gasteiger charge is 1.74. The van der Waals surface area contributed by atoms with Gasteiger partial charge in [0.2, 0.25) is 0 Å². The molecule has 0 aromatic heterocycles. The van der Waals surface area contributed by atoms with E-state index in [4.69, 9.17) is 5.73 Å². The Kier molecular flexibility index (Phi) is 3.76. The number of rotatable bonds is 2. The normalized spacial score (nSPS) is 12.5. The third-order valence-corrected chi connectivity index (χ3v) is 0.728. The minimum absolute atomic E-state index is 0.961. The second-order valence-electron chi connectivity index (χ2n) is 1.49. The Morgan fingerprint density at radius 2 is 2.25 bits per heavy atom. The number of nitrogens with two attached hydrogens (primary N) is 1. The molecule has 0 saturated carbocycles. The maximum absolute atomic E-state index is 5.15. The number of allylic oxidation sites excluding steroid dienone is 2. The first-order valence-corrected chi connectivity index (χ1v) is 2.57. The molecule has 0 bridgehead atoms. The topological polar surface area (TPSA) is 38.0 Å². The van der Waals surface area contributed by atoms with E-state index in [9.17, 15) is 0 Å². The van der Waals surface area contributed by atoms with Crippen molar-refractivity contribution in [1.29, 1.82) is 0 Å². The van der Waals surface area contributed by atoms with Crippen LogP contribution < -0.4 is 11.1 Å². The zero-order valence-corrected chi connectivity index (χ0v) is 5.31. The molecule has 0 aliphatic rings. The van der Waals surface area contributed by atoms with E-state index in [1.807, 2.05) is 26.1 Å². The molecule has 0 rings (SSSR count). The van der Waals surface area contributed by atoms with Gasteiger partial charge in [0.25, 0.3) is 0 Å². The van der Waals surface area contributed by atoms with Crippen molar-refractivity contribution in [2.75, 3.05) is 0 Å². The van der Waals surface area contributed by atoms with E-state index in [1.54, 1.807) is 0 Å². The molecule has 0 heterocycles. The molecule has 8 heavy (non-hydrogen) atoms. The summed E-state index contributed by atoms with van der Waals surface area (Å²) in [4.78, 5) is 0. The highest BCUT2D eigenvalue weighted by atomic mass is 14.8. The summed E-state index contributed by atoms with van der Waals surface area (Å²) in [6.45, 7) is 3.84. The largest absolute Gasteiger partial charge is 0.403 e. The highest BCUT2D eigenvalue weighted by Crippen LogP contribution is 1.79. The Bertz CT molecular complexity index is 103. The van der Waals surface area contributed by atoms with Crippen molar-refractivity contribution in [3.63, 3.8) is 0 Å². The molecule has 0 aromatic carbocycles. The molecule has 0 amide bonds. The van der Waals surface area contributed by atoms with E-state index in [-0.39, 0.29) is 0 Å². The van der Waals surface area contributed by atoms with E-state index < -0.39 is 0 Å². The number of hydrogen-bond donors (Lipinski definition) is 2. The molecule has 46 valence electrons. The van der Waals surface area contributed by atoms with Gasteiger partial charge in [-0.25, -0.2) is 0 Å². The predicted octanol–water partition coefficient (Wildman–Crippen LogP) is 0.930. The third-order valence-electron chi connectivity index (χ3n) is 0.728.